The van der Waals surface area contributed by atoms with Gasteiger partial charge in [0.2, 0.25) is 5.91 Å². The third-order valence-corrected chi connectivity index (χ3v) is 7.50. The number of nitrogens with one attached hydrogen (secondary N) is 1. The van der Waals surface area contributed by atoms with Crippen molar-refractivity contribution in [3.8, 4) is 0 Å². The van der Waals surface area contributed by atoms with Crippen molar-refractivity contribution in [1.29, 1.82) is 0 Å². The Morgan fingerprint density at radius 2 is 1.94 bits per heavy atom. The van der Waals surface area contributed by atoms with Gasteiger partial charge in [0.05, 0.1) is 17.9 Å². The summed E-state index contributed by atoms with van der Waals surface area (Å²) in [6.45, 7) is 1.61. The second-order valence-electron chi connectivity index (χ2n) is 9.42. The number of ketones is 1. The maximum Gasteiger partial charge on any atom is 0.232 e. The van der Waals surface area contributed by atoms with Crippen LogP contribution in [0.2, 0.25) is 0 Å². The maximum absolute atomic E-state index is 13.7. The normalized spacial score (nSPS) is 37.0. The molecule has 0 aromatic carbocycles. The average molecular weight is 420 g/mol. The number of allylic oxidation sites excluding steroid dienone is 6. The van der Waals surface area contributed by atoms with Gasteiger partial charge in [-0.1, -0.05) is 42.5 Å². The Bertz CT molecular complexity index is 881. The first-order chi connectivity index (χ1) is 15.2. The van der Waals surface area contributed by atoms with Crippen molar-refractivity contribution in [2.24, 2.45) is 22.7 Å². The smallest absolute Gasteiger partial charge is 0.232 e. The molecule has 1 amide bonds. The van der Waals surface area contributed by atoms with Crippen LogP contribution in [0.1, 0.15) is 51.4 Å². The third kappa shape index (κ3) is 4.00. The van der Waals surface area contributed by atoms with Crippen LogP contribution in [0.4, 0.5) is 0 Å². The molecular formula is C26H33N3O2. The molecule has 0 radical (unpaired) electrons. The molecule has 5 nitrogen and oxygen atoms in total. The highest BCUT2D eigenvalue weighted by Gasteiger charge is 2.55. The highest BCUT2D eigenvalue weighted by atomic mass is 16.2. The van der Waals surface area contributed by atoms with E-state index in [-0.39, 0.29) is 41.5 Å². The molecule has 0 bridgehead atoms. The number of carbonyl (C=O) groups is 2. The van der Waals surface area contributed by atoms with Crippen molar-refractivity contribution in [3.63, 3.8) is 0 Å². The molecule has 5 unspecified atom stereocenters. The van der Waals surface area contributed by atoms with Crippen LogP contribution in [-0.2, 0) is 9.59 Å². The predicted octanol–water partition coefficient (Wildman–Crippen LogP) is 3.74. The number of Topliss-reactive ketones (excluding diaryl/α,β-unsaturated/α-hetero) is 1. The topological polar surface area (TPSA) is 61.8 Å². The zero-order chi connectivity index (χ0) is 21.2. The van der Waals surface area contributed by atoms with Gasteiger partial charge < -0.3 is 10.2 Å². The fraction of sp³-hybridized carbons (Fsp3) is 0.577. The summed E-state index contributed by atoms with van der Waals surface area (Å²) in [7, 11) is 0. The van der Waals surface area contributed by atoms with Crippen LogP contribution in [-0.4, -0.2) is 47.5 Å². The summed E-state index contributed by atoms with van der Waals surface area (Å²) < 4.78 is 0. The van der Waals surface area contributed by atoms with Crippen LogP contribution in [0.3, 0.4) is 0 Å². The molecule has 2 aliphatic carbocycles. The van der Waals surface area contributed by atoms with Crippen LogP contribution < -0.4 is 5.32 Å². The van der Waals surface area contributed by atoms with Crippen LogP contribution in [0.5, 0.6) is 0 Å². The quantitative estimate of drug-likeness (QED) is 0.709. The lowest BCUT2D eigenvalue weighted by Crippen LogP contribution is -2.45. The molecule has 5 rings (SSSR count). The molecule has 1 saturated heterocycles. The van der Waals surface area contributed by atoms with Gasteiger partial charge in [0, 0.05) is 36.3 Å². The minimum Gasteiger partial charge on any atom is -0.316 e. The number of nitrogens with zero attached hydrogens (tertiary/aromatic N) is 2. The number of hydrogen-bond acceptors (Lipinski definition) is 4. The Kier molecular flexibility index (Phi) is 6.04. The van der Waals surface area contributed by atoms with E-state index in [1.54, 1.807) is 0 Å². The molecule has 0 saturated carbocycles. The lowest BCUT2D eigenvalue weighted by Gasteiger charge is -2.28. The third-order valence-electron chi connectivity index (χ3n) is 7.50. The number of fused-ring (bicyclic) bond motifs is 1. The molecule has 164 valence electrons. The standard InChI is InChI=1S/C26H33N3O2/c30-22-15-8-3-1-2-7-13-19(22)24-20-17-29(18-11-5-4-6-12-18)26(31)23(20)25(28-24)21-14-9-10-16-27-21/h1-3,8-9,11,14,19-21,23,25,27H,4-7,10,12-13,15-17H2/b2-1?,8-3-. The van der Waals surface area contributed by atoms with Crippen LogP contribution in [0.25, 0.3) is 0 Å². The molecule has 1 fully saturated rings. The summed E-state index contributed by atoms with van der Waals surface area (Å²) in [6.07, 6.45) is 22.3. The van der Waals surface area contributed by atoms with E-state index in [2.05, 4.69) is 29.6 Å². The first-order valence-electron chi connectivity index (χ1n) is 12.1. The fourth-order valence-electron chi connectivity index (χ4n) is 5.93. The van der Waals surface area contributed by atoms with Crippen molar-refractivity contribution in [1.82, 2.24) is 10.2 Å². The zero-order valence-electron chi connectivity index (χ0n) is 18.2. The van der Waals surface area contributed by atoms with Gasteiger partial charge in [-0.05, 0) is 51.5 Å². The van der Waals surface area contributed by atoms with Crippen molar-refractivity contribution in [2.45, 2.75) is 63.5 Å². The van der Waals surface area contributed by atoms with E-state index < -0.39 is 0 Å². The fourth-order valence-corrected chi connectivity index (χ4v) is 5.93. The highest BCUT2D eigenvalue weighted by molar-refractivity contribution is 6.10. The summed E-state index contributed by atoms with van der Waals surface area (Å²) >= 11 is 0. The highest BCUT2D eigenvalue weighted by Crippen LogP contribution is 2.43. The Hall–Kier alpha value is -2.27. The maximum atomic E-state index is 13.7. The molecular weight excluding hydrogens is 386 g/mol. The second kappa shape index (κ2) is 9.07. The van der Waals surface area contributed by atoms with Crippen LogP contribution in [0, 0.1) is 17.8 Å². The monoisotopic (exact) mass is 419 g/mol. The first kappa shape index (κ1) is 20.6. The number of hydrogen-bond donors (Lipinski definition) is 1. The van der Waals surface area contributed by atoms with Crippen molar-refractivity contribution >= 4 is 17.4 Å². The number of amides is 1. The molecule has 0 spiro atoms. The minimum atomic E-state index is -0.175. The summed E-state index contributed by atoms with van der Waals surface area (Å²) in [6, 6.07) is -0.0287. The second-order valence-corrected chi connectivity index (χ2v) is 9.42. The van der Waals surface area contributed by atoms with E-state index in [4.69, 9.17) is 4.99 Å². The minimum absolute atomic E-state index is 0.0557. The average Bonchev–Trinajstić information content (AvgIpc) is 3.36. The molecule has 5 atom stereocenters. The summed E-state index contributed by atoms with van der Waals surface area (Å²) in [5.41, 5.74) is 2.19. The van der Waals surface area contributed by atoms with Gasteiger partial charge in [-0.3, -0.25) is 14.6 Å². The summed E-state index contributed by atoms with van der Waals surface area (Å²) in [4.78, 5) is 34.0. The largest absolute Gasteiger partial charge is 0.316 e. The molecule has 5 heteroatoms. The lowest BCUT2D eigenvalue weighted by molar-refractivity contribution is -0.130. The SMILES string of the molecule is O=C1C/C=C\C=CCCC1C1=NC(C2C=CCCN2)C2C(=O)N(C3=CCCCC3)CC12. The number of aliphatic imine (C=N–C) groups is 1. The Morgan fingerprint density at radius 1 is 1.03 bits per heavy atom. The summed E-state index contributed by atoms with van der Waals surface area (Å²) in [5.74, 6) is 0.196. The molecule has 0 aromatic rings. The Morgan fingerprint density at radius 3 is 2.74 bits per heavy atom. The van der Waals surface area contributed by atoms with E-state index in [0.29, 0.717) is 13.0 Å². The van der Waals surface area contributed by atoms with E-state index in [1.165, 1.54) is 12.1 Å². The molecule has 31 heavy (non-hydrogen) atoms. The van der Waals surface area contributed by atoms with E-state index in [9.17, 15) is 9.59 Å². The van der Waals surface area contributed by atoms with Gasteiger partial charge in [0.1, 0.15) is 5.78 Å². The Balaban J connectivity index is 1.48. The number of rotatable bonds is 3. The van der Waals surface area contributed by atoms with Gasteiger partial charge in [-0.25, -0.2) is 0 Å². The molecule has 3 heterocycles. The zero-order valence-corrected chi connectivity index (χ0v) is 18.2. The van der Waals surface area contributed by atoms with Gasteiger partial charge in [-0.2, -0.15) is 0 Å². The van der Waals surface area contributed by atoms with Gasteiger partial charge >= 0.3 is 0 Å². The van der Waals surface area contributed by atoms with E-state index in [0.717, 1.165) is 50.8 Å². The number of likely N-dealkylation sites (tertiary alicyclic amines) is 1. The van der Waals surface area contributed by atoms with E-state index in [1.807, 2.05) is 23.1 Å². The Labute approximate surface area is 185 Å². The molecule has 3 aliphatic heterocycles. The molecule has 1 N–H and O–H groups in total. The molecule has 0 aromatic heterocycles. The van der Waals surface area contributed by atoms with Crippen LogP contribution >= 0.6 is 0 Å². The first-order valence-corrected chi connectivity index (χ1v) is 12.1. The predicted molar refractivity (Wildman–Crippen MR) is 123 cm³/mol. The van der Waals surface area contributed by atoms with Gasteiger partial charge in [-0.15, -0.1) is 0 Å². The lowest BCUT2D eigenvalue weighted by atomic mass is 9.79. The van der Waals surface area contributed by atoms with Crippen molar-refractivity contribution in [3.05, 3.63) is 48.2 Å². The summed E-state index contributed by atoms with van der Waals surface area (Å²) in [5, 5.41) is 3.57. The van der Waals surface area contributed by atoms with Crippen LogP contribution in [0.15, 0.2) is 53.2 Å². The molecule has 5 aliphatic rings. The van der Waals surface area contributed by atoms with Gasteiger partial charge in [0.15, 0.2) is 0 Å². The number of carbonyl (C=O) groups excluding carboxylic acids is 2. The van der Waals surface area contributed by atoms with E-state index >= 15 is 0 Å². The van der Waals surface area contributed by atoms with Gasteiger partial charge in [0.25, 0.3) is 0 Å². The van der Waals surface area contributed by atoms with Crippen molar-refractivity contribution in [2.75, 3.05) is 13.1 Å². The van der Waals surface area contributed by atoms with Crippen molar-refractivity contribution < 1.29 is 9.59 Å².